The molecule has 1 N–H and O–H groups in total. The van der Waals surface area contributed by atoms with Crippen molar-refractivity contribution in [1.29, 1.82) is 0 Å². The molecule has 0 fully saturated rings. The lowest BCUT2D eigenvalue weighted by molar-refractivity contribution is 0.221. The standard InChI is InChI=1S/C13H19N5O2S2/c1-22(19,20)16-6-11-7-17(10-13-14-4-5-21-13)9-12-2-3-15-18(12)8-11/h2-5,11,16H,6-10H2,1H3/t11-/m0/s1. The number of rotatable bonds is 5. The Morgan fingerprint density at radius 1 is 1.41 bits per heavy atom. The van der Waals surface area contributed by atoms with Crippen LogP contribution >= 0.6 is 11.3 Å². The number of fused-ring (bicyclic) bond motifs is 1. The van der Waals surface area contributed by atoms with Gasteiger partial charge in [0.05, 0.1) is 18.5 Å². The van der Waals surface area contributed by atoms with Gasteiger partial charge in [-0.3, -0.25) is 9.58 Å². The first kappa shape index (κ1) is 15.6. The van der Waals surface area contributed by atoms with E-state index in [-0.39, 0.29) is 5.92 Å². The van der Waals surface area contributed by atoms with Gasteiger partial charge in [-0.1, -0.05) is 0 Å². The molecule has 3 heterocycles. The van der Waals surface area contributed by atoms with E-state index < -0.39 is 10.0 Å². The minimum atomic E-state index is -3.18. The third-order valence-corrected chi connectivity index (χ3v) is 5.07. The van der Waals surface area contributed by atoms with E-state index in [2.05, 4.69) is 19.7 Å². The molecular formula is C13H19N5O2S2. The quantitative estimate of drug-likeness (QED) is 0.858. The first-order chi connectivity index (χ1) is 10.5. The number of nitrogens with zero attached hydrogens (tertiary/aromatic N) is 4. The van der Waals surface area contributed by atoms with Crippen molar-refractivity contribution < 1.29 is 8.42 Å². The van der Waals surface area contributed by atoms with Crippen LogP contribution in [0.4, 0.5) is 0 Å². The zero-order chi connectivity index (χ0) is 15.6. The van der Waals surface area contributed by atoms with E-state index >= 15 is 0 Å². The summed E-state index contributed by atoms with van der Waals surface area (Å²) in [7, 11) is -3.18. The van der Waals surface area contributed by atoms with Crippen molar-refractivity contribution in [2.24, 2.45) is 5.92 Å². The predicted molar refractivity (Wildman–Crippen MR) is 84.8 cm³/mol. The van der Waals surface area contributed by atoms with Crippen LogP contribution in [-0.4, -0.2) is 47.4 Å². The predicted octanol–water partition coefficient (Wildman–Crippen LogP) is 0.521. The monoisotopic (exact) mass is 341 g/mol. The Hall–Kier alpha value is -1.29. The van der Waals surface area contributed by atoms with Crippen LogP contribution in [0, 0.1) is 5.92 Å². The Balaban J connectivity index is 1.74. The molecule has 3 rings (SSSR count). The number of aromatic nitrogens is 3. The number of sulfonamides is 1. The van der Waals surface area contributed by atoms with Gasteiger partial charge in [-0.2, -0.15) is 5.10 Å². The van der Waals surface area contributed by atoms with Crippen LogP contribution < -0.4 is 4.72 Å². The van der Waals surface area contributed by atoms with Gasteiger partial charge in [0.25, 0.3) is 0 Å². The fourth-order valence-corrected chi connectivity index (χ4v) is 3.86. The summed E-state index contributed by atoms with van der Waals surface area (Å²) in [5.74, 6) is 0.177. The molecule has 0 saturated heterocycles. The fraction of sp³-hybridized carbons (Fsp3) is 0.538. The summed E-state index contributed by atoms with van der Waals surface area (Å²) in [4.78, 5) is 6.64. The molecule has 1 aliphatic heterocycles. The van der Waals surface area contributed by atoms with Gasteiger partial charge in [-0.25, -0.2) is 18.1 Å². The average Bonchev–Trinajstić information content (AvgIpc) is 3.05. The Morgan fingerprint density at radius 3 is 3.00 bits per heavy atom. The molecule has 7 nitrogen and oxygen atoms in total. The lowest BCUT2D eigenvalue weighted by atomic mass is 10.1. The summed E-state index contributed by atoms with van der Waals surface area (Å²) in [6, 6.07) is 2.02. The highest BCUT2D eigenvalue weighted by atomic mass is 32.2. The van der Waals surface area contributed by atoms with E-state index in [1.165, 1.54) is 6.26 Å². The van der Waals surface area contributed by atoms with Crippen molar-refractivity contribution in [3.8, 4) is 0 Å². The Morgan fingerprint density at radius 2 is 2.27 bits per heavy atom. The number of hydrogen-bond donors (Lipinski definition) is 1. The maximum atomic E-state index is 11.3. The summed E-state index contributed by atoms with van der Waals surface area (Å²) in [5.41, 5.74) is 1.15. The molecule has 1 aliphatic rings. The third-order valence-electron chi connectivity index (χ3n) is 3.61. The lowest BCUT2D eigenvalue weighted by Crippen LogP contribution is -2.36. The van der Waals surface area contributed by atoms with Crippen molar-refractivity contribution in [1.82, 2.24) is 24.4 Å². The number of thiazole rings is 1. The van der Waals surface area contributed by atoms with Gasteiger partial charge < -0.3 is 0 Å². The Kier molecular flexibility index (Phi) is 4.57. The zero-order valence-electron chi connectivity index (χ0n) is 12.3. The molecule has 2 aromatic heterocycles. The lowest BCUT2D eigenvalue weighted by Gasteiger charge is -2.22. The van der Waals surface area contributed by atoms with Crippen LogP contribution in [0.5, 0.6) is 0 Å². The fourth-order valence-electron chi connectivity index (χ4n) is 2.66. The van der Waals surface area contributed by atoms with E-state index in [1.54, 1.807) is 17.5 Å². The summed E-state index contributed by atoms with van der Waals surface area (Å²) < 4.78 is 27.3. The Labute approximate surface area is 134 Å². The topological polar surface area (TPSA) is 80.1 Å². The van der Waals surface area contributed by atoms with Crippen LogP contribution in [-0.2, 0) is 29.7 Å². The van der Waals surface area contributed by atoms with Crippen LogP contribution in [0.2, 0.25) is 0 Å². The highest BCUT2D eigenvalue weighted by Gasteiger charge is 2.23. The molecule has 0 radical (unpaired) electrons. The van der Waals surface area contributed by atoms with E-state index in [0.717, 1.165) is 36.9 Å². The molecular weight excluding hydrogens is 322 g/mol. The van der Waals surface area contributed by atoms with Crippen LogP contribution in [0.3, 0.4) is 0 Å². The van der Waals surface area contributed by atoms with Crippen molar-refractivity contribution in [3.05, 3.63) is 34.5 Å². The summed E-state index contributed by atoms with van der Waals surface area (Å²) in [5, 5.41) is 7.39. The number of nitrogens with one attached hydrogen (secondary N) is 1. The summed E-state index contributed by atoms with van der Waals surface area (Å²) >= 11 is 1.64. The van der Waals surface area contributed by atoms with Crippen LogP contribution in [0.25, 0.3) is 0 Å². The van der Waals surface area contributed by atoms with Gasteiger partial charge in [-0.05, 0) is 6.07 Å². The molecule has 22 heavy (non-hydrogen) atoms. The second-order valence-corrected chi connectivity index (χ2v) is 8.40. The molecule has 120 valence electrons. The largest absolute Gasteiger partial charge is 0.290 e. The minimum Gasteiger partial charge on any atom is -0.290 e. The van der Waals surface area contributed by atoms with Gasteiger partial charge in [0, 0.05) is 49.9 Å². The molecule has 0 aliphatic carbocycles. The van der Waals surface area contributed by atoms with Crippen molar-refractivity contribution in [2.75, 3.05) is 19.3 Å². The van der Waals surface area contributed by atoms with Crippen LogP contribution in [0.1, 0.15) is 10.7 Å². The summed E-state index contributed by atoms with van der Waals surface area (Å²) in [6.45, 7) is 3.53. The van der Waals surface area contributed by atoms with Crippen molar-refractivity contribution in [3.63, 3.8) is 0 Å². The smallest absolute Gasteiger partial charge is 0.208 e. The molecule has 2 aromatic rings. The van der Waals surface area contributed by atoms with Gasteiger partial charge in [0.1, 0.15) is 5.01 Å². The zero-order valence-corrected chi connectivity index (χ0v) is 14.0. The maximum absolute atomic E-state index is 11.3. The van der Waals surface area contributed by atoms with Crippen molar-refractivity contribution >= 4 is 21.4 Å². The first-order valence-corrected chi connectivity index (χ1v) is 9.83. The average molecular weight is 341 g/mol. The van der Waals surface area contributed by atoms with E-state index in [4.69, 9.17) is 0 Å². The normalized spacial score (nSPS) is 19.8. The highest BCUT2D eigenvalue weighted by Crippen LogP contribution is 2.18. The van der Waals surface area contributed by atoms with Gasteiger partial charge >= 0.3 is 0 Å². The summed E-state index contributed by atoms with van der Waals surface area (Å²) in [6.07, 6.45) is 4.80. The van der Waals surface area contributed by atoms with Gasteiger partial charge in [0.2, 0.25) is 10.0 Å². The van der Waals surface area contributed by atoms with E-state index in [1.807, 2.05) is 22.3 Å². The Bertz CT molecular complexity index is 711. The van der Waals surface area contributed by atoms with E-state index in [9.17, 15) is 8.42 Å². The molecule has 0 bridgehead atoms. The highest BCUT2D eigenvalue weighted by molar-refractivity contribution is 7.88. The van der Waals surface area contributed by atoms with E-state index in [0.29, 0.717) is 6.54 Å². The van der Waals surface area contributed by atoms with Gasteiger partial charge in [0.15, 0.2) is 0 Å². The minimum absolute atomic E-state index is 0.177. The third kappa shape index (κ3) is 4.13. The van der Waals surface area contributed by atoms with Crippen molar-refractivity contribution in [2.45, 2.75) is 19.6 Å². The second kappa shape index (κ2) is 6.45. The molecule has 0 spiro atoms. The number of hydrogen-bond acceptors (Lipinski definition) is 6. The second-order valence-electron chi connectivity index (χ2n) is 5.59. The SMILES string of the molecule is CS(=O)(=O)NC[C@H]1CN(Cc2nccs2)Cc2ccnn2C1. The molecule has 1 atom stereocenters. The molecule has 0 amide bonds. The molecule has 9 heteroatoms. The molecule has 0 unspecified atom stereocenters. The molecule has 0 aromatic carbocycles. The maximum Gasteiger partial charge on any atom is 0.208 e. The first-order valence-electron chi connectivity index (χ1n) is 7.05. The van der Waals surface area contributed by atoms with Crippen LogP contribution in [0.15, 0.2) is 23.8 Å². The molecule has 0 saturated carbocycles. The van der Waals surface area contributed by atoms with Gasteiger partial charge in [-0.15, -0.1) is 11.3 Å².